The molecule has 0 spiro atoms. The third kappa shape index (κ3) is 4.04. The van der Waals surface area contributed by atoms with Crippen LogP contribution in [0.4, 0.5) is 4.39 Å². The van der Waals surface area contributed by atoms with Gasteiger partial charge in [-0.05, 0) is 65.6 Å². The second-order valence-corrected chi connectivity index (χ2v) is 12.9. The van der Waals surface area contributed by atoms with Gasteiger partial charge in [-0.1, -0.05) is 39.8 Å². The number of hydrogen-bond acceptors (Lipinski definition) is 7. The molecule has 2 N–H and O–H groups in total. The number of halogens is 1. The smallest absolute Gasteiger partial charge is 0.478 e. The average Bonchev–Trinajstić information content (AvgIpc) is 3.42. The fourth-order valence-electron chi connectivity index (χ4n) is 8.89. The summed E-state index contributed by atoms with van der Waals surface area (Å²) >= 11 is 0. The van der Waals surface area contributed by atoms with Crippen molar-refractivity contribution in [2.24, 2.45) is 39.9 Å². The topological polar surface area (TPSA) is 119 Å². The number of carbonyl (C=O) groups is 3. The van der Waals surface area contributed by atoms with Crippen LogP contribution in [0.25, 0.3) is 0 Å². The van der Waals surface area contributed by atoms with E-state index in [1.54, 1.807) is 24.3 Å². The SMILES string of the molecule is C=C[C@]1(C)C[C@@H](C(Oc2ccc3c(c2)B(O)OC3)C(=O)O)[C@@]2(C)[C@H](C)CC[C@]3(C[C@H](F)C(=O)[C@H]32)[C@@H](C)[C@@H]1OC=O. The van der Waals surface area contributed by atoms with Crippen molar-refractivity contribution in [3.63, 3.8) is 0 Å². The zero-order chi connectivity index (χ0) is 29.2. The number of hydrogen-bond donors (Lipinski definition) is 2. The molecular formula is C30H38BFO8. The van der Waals surface area contributed by atoms with E-state index in [4.69, 9.17) is 14.1 Å². The van der Waals surface area contributed by atoms with Gasteiger partial charge in [-0.3, -0.25) is 9.59 Å². The minimum atomic E-state index is -1.68. The fourth-order valence-corrected chi connectivity index (χ4v) is 8.89. The molecule has 3 fully saturated rings. The van der Waals surface area contributed by atoms with Gasteiger partial charge in [0.05, 0.1) is 6.61 Å². The molecule has 8 nitrogen and oxygen atoms in total. The highest BCUT2D eigenvalue weighted by molar-refractivity contribution is 6.61. The molecule has 216 valence electrons. The Kier molecular flexibility index (Phi) is 7.18. The highest BCUT2D eigenvalue weighted by atomic mass is 19.1. The Balaban J connectivity index is 1.69. The van der Waals surface area contributed by atoms with Crippen LogP contribution in [0.3, 0.4) is 0 Å². The van der Waals surface area contributed by atoms with E-state index in [0.29, 0.717) is 24.8 Å². The van der Waals surface area contributed by atoms with Crippen LogP contribution in [-0.4, -0.2) is 53.9 Å². The van der Waals surface area contributed by atoms with Crippen LogP contribution in [0.1, 0.15) is 58.9 Å². The molecule has 0 saturated heterocycles. The summed E-state index contributed by atoms with van der Waals surface area (Å²) in [5.41, 5.74) is -1.36. The molecule has 3 saturated carbocycles. The highest BCUT2D eigenvalue weighted by Gasteiger charge is 2.71. The van der Waals surface area contributed by atoms with Gasteiger partial charge in [0.25, 0.3) is 6.47 Å². The first-order valence-electron chi connectivity index (χ1n) is 14.1. The number of carboxylic acids is 1. The Morgan fingerprint density at radius 2 is 2.02 bits per heavy atom. The van der Waals surface area contributed by atoms with E-state index >= 15 is 4.39 Å². The number of Topliss-reactive ketones (excluding diaryl/α,β-unsaturated/α-hetero) is 1. The van der Waals surface area contributed by atoms with Crippen LogP contribution in [0.2, 0.25) is 0 Å². The highest BCUT2D eigenvalue weighted by Crippen LogP contribution is 2.70. The molecule has 4 aliphatic rings. The lowest BCUT2D eigenvalue weighted by Crippen LogP contribution is -2.64. The molecule has 1 aromatic carbocycles. The first-order valence-corrected chi connectivity index (χ1v) is 14.1. The van der Waals surface area contributed by atoms with Gasteiger partial charge in [0.2, 0.25) is 0 Å². The van der Waals surface area contributed by atoms with Crippen molar-refractivity contribution in [1.82, 2.24) is 0 Å². The molecule has 1 aliphatic heterocycles. The predicted octanol–water partition coefficient (Wildman–Crippen LogP) is 3.48. The number of ketones is 1. The molecule has 1 unspecified atom stereocenters. The molecule has 10 atom stereocenters. The van der Waals surface area contributed by atoms with Gasteiger partial charge in [0.1, 0.15) is 11.9 Å². The lowest BCUT2D eigenvalue weighted by atomic mass is 9.41. The van der Waals surface area contributed by atoms with Gasteiger partial charge in [-0.15, -0.1) is 6.58 Å². The molecule has 10 heteroatoms. The third-order valence-corrected chi connectivity index (χ3v) is 11.2. The third-order valence-electron chi connectivity index (χ3n) is 11.2. The number of carboxylic acid groups (broad SMARTS) is 1. The van der Waals surface area contributed by atoms with E-state index in [-0.39, 0.29) is 37.0 Å². The summed E-state index contributed by atoms with van der Waals surface area (Å²) < 4.78 is 32.7. The van der Waals surface area contributed by atoms with Gasteiger partial charge in [-0.25, -0.2) is 9.18 Å². The van der Waals surface area contributed by atoms with Crippen molar-refractivity contribution < 1.29 is 43.0 Å². The number of carbonyl (C=O) groups excluding carboxylic acids is 2. The minimum Gasteiger partial charge on any atom is -0.478 e. The summed E-state index contributed by atoms with van der Waals surface area (Å²) in [5.74, 6) is -3.51. The molecule has 1 aromatic rings. The summed E-state index contributed by atoms with van der Waals surface area (Å²) in [7, 11) is -1.14. The summed E-state index contributed by atoms with van der Waals surface area (Å²) in [6.07, 6.45) is -0.711. The second kappa shape index (κ2) is 9.98. The summed E-state index contributed by atoms with van der Waals surface area (Å²) in [5, 5.41) is 20.8. The van der Waals surface area contributed by atoms with Gasteiger partial charge in [0, 0.05) is 23.2 Å². The molecule has 1 heterocycles. The summed E-state index contributed by atoms with van der Waals surface area (Å²) in [4.78, 5) is 38.5. The van der Waals surface area contributed by atoms with Gasteiger partial charge in [0.15, 0.2) is 18.1 Å². The molecule has 3 aliphatic carbocycles. The number of alkyl halides is 1. The number of ether oxygens (including phenoxy) is 2. The maximum absolute atomic E-state index is 15.5. The number of benzene rings is 1. The first-order chi connectivity index (χ1) is 18.8. The average molecular weight is 556 g/mol. The maximum atomic E-state index is 15.5. The molecule has 0 radical (unpaired) electrons. The van der Waals surface area contributed by atoms with Crippen molar-refractivity contribution in [3.05, 3.63) is 36.4 Å². The Labute approximate surface area is 234 Å². The van der Waals surface area contributed by atoms with E-state index in [2.05, 4.69) is 6.58 Å². The molecule has 2 bridgehead atoms. The fraction of sp³-hybridized carbons (Fsp3) is 0.633. The van der Waals surface area contributed by atoms with Crippen molar-refractivity contribution in [2.45, 2.75) is 78.4 Å². The molecular weight excluding hydrogens is 518 g/mol. The van der Waals surface area contributed by atoms with Crippen LogP contribution < -0.4 is 10.2 Å². The summed E-state index contributed by atoms with van der Waals surface area (Å²) in [6, 6.07) is 4.95. The maximum Gasteiger partial charge on any atom is 0.491 e. The van der Waals surface area contributed by atoms with Crippen molar-refractivity contribution in [3.8, 4) is 5.75 Å². The van der Waals surface area contributed by atoms with Crippen molar-refractivity contribution in [1.29, 1.82) is 0 Å². The largest absolute Gasteiger partial charge is 0.491 e. The van der Waals surface area contributed by atoms with Gasteiger partial charge >= 0.3 is 13.1 Å². The van der Waals surface area contributed by atoms with Crippen LogP contribution in [0.5, 0.6) is 5.75 Å². The standard InChI is InChI=1S/C30H38BFO8/c1-6-28(4)12-20(24(27(35)36)40-19-8-7-18-14-39-31(37)21(18)11-19)29(5)16(2)9-10-30(17(3)26(28)38-15-33)13-22(32)23(34)25(29)30/h6-8,11,15-17,20,22,24-26,37H,1,9-10,12-14H2,2-5H3,(H,35,36)/t16-,17+,20+,22+,24?,25+,26+,28-,29-,30+/m1/s1. The number of aliphatic carboxylic acids is 1. The van der Waals surface area contributed by atoms with E-state index in [1.165, 1.54) is 0 Å². The van der Waals surface area contributed by atoms with Crippen LogP contribution in [0, 0.1) is 39.9 Å². The van der Waals surface area contributed by atoms with E-state index in [9.17, 15) is 24.5 Å². The number of rotatable bonds is 7. The van der Waals surface area contributed by atoms with Gasteiger partial charge < -0.3 is 24.3 Å². The Bertz CT molecular complexity index is 1220. The summed E-state index contributed by atoms with van der Waals surface area (Å²) in [6.45, 7) is 12.4. The lowest BCUT2D eigenvalue weighted by molar-refractivity contribution is -0.199. The van der Waals surface area contributed by atoms with Crippen LogP contribution in [0.15, 0.2) is 30.9 Å². The molecule has 5 rings (SSSR count). The number of fused-ring (bicyclic) bond motifs is 1. The quantitative estimate of drug-likeness (QED) is 0.298. The molecule has 0 amide bonds. The Morgan fingerprint density at radius 1 is 1.30 bits per heavy atom. The lowest BCUT2D eigenvalue weighted by Gasteiger charge is -2.63. The zero-order valence-electron chi connectivity index (χ0n) is 23.5. The van der Waals surface area contributed by atoms with Crippen molar-refractivity contribution in [2.75, 3.05) is 0 Å². The Morgan fingerprint density at radius 3 is 2.67 bits per heavy atom. The second-order valence-electron chi connectivity index (χ2n) is 12.9. The monoisotopic (exact) mass is 556 g/mol. The minimum absolute atomic E-state index is 0.0138. The molecule has 0 aromatic heterocycles. The van der Waals surface area contributed by atoms with Crippen LogP contribution in [-0.2, 0) is 30.4 Å². The zero-order valence-corrected chi connectivity index (χ0v) is 23.5. The van der Waals surface area contributed by atoms with Crippen LogP contribution >= 0.6 is 0 Å². The first kappa shape index (κ1) is 28.8. The van der Waals surface area contributed by atoms with E-state index < -0.39 is 65.3 Å². The van der Waals surface area contributed by atoms with Gasteiger partial charge in [-0.2, -0.15) is 0 Å². The van der Waals surface area contributed by atoms with E-state index in [0.717, 1.165) is 5.56 Å². The van der Waals surface area contributed by atoms with Crippen molar-refractivity contribution >= 4 is 30.8 Å². The normalized spacial score (nSPS) is 41.2. The predicted molar refractivity (Wildman–Crippen MR) is 144 cm³/mol. The molecule has 40 heavy (non-hydrogen) atoms. The van der Waals surface area contributed by atoms with E-state index in [1.807, 2.05) is 27.7 Å². The Hall–Kier alpha value is -2.72.